The lowest BCUT2D eigenvalue weighted by atomic mass is 10.1. The Hall–Kier alpha value is -2.52. The number of aliphatic hydroxyl groups is 1. The Balaban J connectivity index is 2.00. The van der Waals surface area contributed by atoms with Crippen LogP contribution in [0.2, 0.25) is 0 Å². The van der Waals surface area contributed by atoms with Gasteiger partial charge in [0.15, 0.2) is 6.61 Å². The van der Waals surface area contributed by atoms with Crippen molar-refractivity contribution in [2.24, 2.45) is 0 Å². The van der Waals surface area contributed by atoms with Crippen LogP contribution in [0.1, 0.15) is 27.7 Å². The predicted octanol–water partition coefficient (Wildman–Crippen LogP) is 1.65. The third-order valence-corrected chi connectivity index (χ3v) is 4.86. The first-order valence-corrected chi connectivity index (χ1v) is 9.90. The molecule has 2 amide bonds. The molecule has 1 aliphatic heterocycles. The average molecular weight is 423 g/mol. The number of nitrogens with zero attached hydrogens (tertiary/aromatic N) is 1. The third-order valence-electron chi connectivity index (χ3n) is 3.71. The maximum absolute atomic E-state index is 12.5. The Bertz CT molecular complexity index is 777. The molecule has 0 radical (unpaired) electrons. The van der Waals surface area contributed by atoms with Crippen molar-refractivity contribution in [1.82, 2.24) is 10.2 Å². The molecule has 9 heteroatoms. The van der Waals surface area contributed by atoms with E-state index in [0.29, 0.717) is 10.7 Å². The van der Waals surface area contributed by atoms with Crippen molar-refractivity contribution in [2.45, 2.75) is 50.9 Å². The van der Waals surface area contributed by atoms with E-state index in [9.17, 15) is 19.5 Å². The van der Waals surface area contributed by atoms with Crippen molar-refractivity contribution in [3.05, 3.63) is 41.8 Å². The lowest BCUT2D eigenvalue weighted by Gasteiger charge is -2.48. The van der Waals surface area contributed by atoms with Crippen LogP contribution >= 0.6 is 11.8 Å². The monoisotopic (exact) mass is 422 g/mol. The number of carbonyl (C=O) groups excluding carboxylic acids is 3. The minimum atomic E-state index is -1.77. The second-order valence-corrected chi connectivity index (χ2v) is 8.93. The van der Waals surface area contributed by atoms with Gasteiger partial charge in [-0.15, -0.1) is 11.8 Å². The fraction of sp³-hybridized carbons (Fsp3) is 0.450. The van der Waals surface area contributed by atoms with Crippen LogP contribution in [-0.2, 0) is 19.1 Å². The molecule has 1 fully saturated rings. The molecule has 0 saturated carbocycles. The lowest BCUT2D eigenvalue weighted by molar-refractivity contribution is -0.189. The number of hydrogen-bond acceptors (Lipinski definition) is 7. The molecule has 8 nitrogen and oxygen atoms in total. The van der Waals surface area contributed by atoms with E-state index in [1.165, 1.54) is 11.8 Å². The van der Waals surface area contributed by atoms with E-state index < -0.39 is 41.0 Å². The van der Waals surface area contributed by atoms with Gasteiger partial charge in [-0.25, -0.2) is 4.79 Å². The number of benzene rings is 1. The van der Waals surface area contributed by atoms with Crippen LogP contribution in [0.25, 0.3) is 0 Å². The number of para-hydroxylation sites is 1. The van der Waals surface area contributed by atoms with Crippen LogP contribution in [0, 0.1) is 0 Å². The molecule has 1 unspecified atom stereocenters. The van der Waals surface area contributed by atoms with Gasteiger partial charge in [0.05, 0.1) is 0 Å². The number of β-lactam (4-membered cyclic amide) rings is 1. The summed E-state index contributed by atoms with van der Waals surface area (Å²) in [6.07, 6.45) is -1.77. The normalized spacial score (nSPS) is 19.8. The second-order valence-electron chi connectivity index (χ2n) is 7.51. The highest BCUT2D eigenvalue weighted by Crippen LogP contribution is 2.35. The van der Waals surface area contributed by atoms with Gasteiger partial charge in [0.25, 0.3) is 11.8 Å². The molecule has 0 spiro atoms. The highest BCUT2D eigenvalue weighted by Gasteiger charge is 2.53. The van der Waals surface area contributed by atoms with Crippen LogP contribution < -0.4 is 10.1 Å². The molecule has 1 heterocycles. The molecule has 1 aromatic rings. The topological polar surface area (TPSA) is 105 Å². The smallest absolute Gasteiger partial charge is 0.357 e. The van der Waals surface area contributed by atoms with Crippen LogP contribution in [0.15, 0.2) is 41.8 Å². The maximum Gasteiger partial charge on any atom is 0.357 e. The van der Waals surface area contributed by atoms with Crippen LogP contribution in [0.3, 0.4) is 0 Å². The van der Waals surface area contributed by atoms with Gasteiger partial charge in [-0.3, -0.25) is 14.5 Å². The van der Waals surface area contributed by atoms with Crippen molar-refractivity contribution in [3.63, 3.8) is 0 Å². The highest BCUT2D eigenvalue weighted by molar-refractivity contribution is 8.03. The molecular formula is C20H26N2O6S. The molecule has 158 valence electrons. The van der Waals surface area contributed by atoms with Crippen molar-refractivity contribution in [2.75, 3.05) is 6.61 Å². The van der Waals surface area contributed by atoms with E-state index in [1.54, 1.807) is 52.0 Å². The Labute approximate surface area is 174 Å². The Morgan fingerprint density at radius 1 is 1.31 bits per heavy atom. The molecule has 29 heavy (non-hydrogen) atoms. The van der Waals surface area contributed by atoms with E-state index in [2.05, 4.69) is 11.9 Å². The van der Waals surface area contributed by atoms with E-state index in [4.69, 9.17) is 9.47 Å². The number of rotatable bonds is 8. The number of esters is 1. The molecule has 0 bridgehead atoms. The van der Waals surface area contributed by atoms with E-state index in [-0.39, 0.29) is 6.61 Å². The predicted molar refractivity (Wildman–Crippen MR) is 109 cm³/mol. The van der Waals surface area contributed by atoms with Gasteiger partial charge in [0.2, 0.25) is 6.23 Å². The van der Waals surface area contributed by atoms with E-state index in [0.717, 1.165) is 4.90 Å². The quantitative estimate of drug-likeness (QED) is 0.485. The summed E-state index contributed by atoms with van der Waals surface area (Å²) in [6.45, 7) is 10.2. The maximum atomic E-state index is 12.5. The Morgan fingerprint density at radius 3 is 2.48 bits per heavy atom. The summed E-state index contributed by atoms with van der Waals surface area (Å²) in [5.74, 6) is -1.49. The summed E-state index contributed by atoms with van der Waals surface area (Å²) < 4.78 is 10.5. The van der Waals surface area contributed by atoms with Gasteiger partial charge in [-0.2, -0.15) is 0 Å². The minimum Gasteiger partial charge on any atom is -0.484 e. The number of allylic oxidation sites excluding steroid dienone is 1. The van der Waals surface area contributed by atoms with Crippen LogP contribution in [-0.4, -0.2) is 57.6 Å². The van der Waals surface area contributed by atoms with E-state index >= 15 is 0 Å². The first-order chi connectivity index (χ1) is 13.5. The molecule has 1 saturated heterocycles. The third kappa shape index (κ3) is 6.23. The highest BCUT2D eigenvalue weighted by atomic mass is 32.2. The molecule has 1 aliphatic rings. The van der Waals surface area contributed by atoms with Crippen molar-refractivity contribution >= 4 is 29.5 Å². The van der Waals surface area contributed by atoms with Crippen molar-refractivity contribution < 1.29 is 29.0 Å². The zero-order valence-electron chi connectivity index (χ0n) is 16.9. The Morgan fingerprint density at radius 2 is 1.93 bits per heavy atom. The molecular weight excluding hydrogens is 396 g/mol. The van der Waals surface area contributed by atoms with Crippen LogP contribution in [0.4, 0.5) is 0 Å². The fourth-order valence-corrected chi connectivity index (χ4v) is 3.62. The average Bonchev–Trinajstić information content (AvgIpc) is 2.63. The molecule has 1 aromatic carbocycles. The summed E-state index contributed by atoms with van der Waals surface area (Å²) in [7, 11) is 0. The number of amides is 2. The standard InChI is InChI=1S/C20H26N2O6S/c1-12(2)29-18-15(21-14(23)11-27-13-9-7-6-8-10-13)16(24)22(18)17(25)19(26)28-20(3,4)5/h6-10,15,17-18,25H,1,11H2,2-5H3,(H,21,23)/t15-,17?,18-/m0/s1. The fourth-order valence-electron chi connectivity index (χ4n) is 2.56. The summed E-state index contributed by atoms with van der Waals surface area (Å²) in [5.41, 5.74) is -0.814. The van der Waals surface area contributed by atoms with Crippen molar-refractivity contribution in [3.8, 4) is 5.75 Å². The molecule has 0 aliphatic carbocycles. The molecule has 3 atom stereocenters. The first kappa shape index (κ1) is 22.8. The second kappa shape index (κ2) is 9.32. The number of carbonyl (C=O) groups is 3. The number of nitrogens with one attached hydrogen (secondary N) is 1. The zero-order chi connectivity index (χ0) is 21.8. The summed E-state index contributed by atoms with van der Waals surface area (Å²) in [5, 5.41) is 12.2. The van der Waals surface area contributed by atoms with Gasteiger partial charge in [0, 0.05) is 0 Å². The minimum absolute atomic E-state index is 0.271. The first-order valence-electron chi connectivity index (χ1n) is 9.02. The Kier molecular flexibility index (Phi) is 7.32. The van der Waals surface area contributed by atoms with Gasteiger partial charge in [-0.1, -0.05) is 24.8 Å². The number of likely N-dealkylation sites (tertiary alicyclic amines) is 1. The number of thioether (sulfide) groups is 1. The van der Waals surface area contributed by atoms with E-state index in [1.807, 2.05) is 6.07 Å². The SMILES string of the molecule is C=C(C)S[C@H]1[C@@H](NC(=O)COc2ccccc2)C(=O)N1C(O)C(=O)OC(C)(C)C. The molecule has 2 N–H and O–H groups in total. The largest absolute Gasteiger partial charge is 0.484 e. The number of aliphatic hydroxyl groups excluding tert-OH is 1. The lowest BCUT2D eigenvalue weighted by Crippen LogP contribution is -2.73. The molecule has 0 aromatic heterocycles. The van der Waals surface area contributed by atoms with Gasteiger partial charge in [-0.05, 0) is 44.7 Å². The van der Waals surface area contributed by atoms with Gasteiger partial charge < -0.3 is 19.9 Å². The van der Waals surface area contributed by atoms with Crippen LogP contribution in [0.5, 0.6) is 5.75 Å². The zero-order valence-corrected chi connectivity index (χ0v) is 17.7. The summed E-state index contributed by atoms with van der Waals surface area (Å²) in [4.78, 5) is 38.5. The van der Waals surface area contributed by atoms with Gasteiger partial charge >= 0.3 is 5.97 Å². The summed E-state index contributed by atoms with van der Waals surface area (Å²) >= 11 is 1.17. The number of ether oxygens (including phenoxy) is 2. The van der Waals surface area contributed by atoms with Crippen molar-refractivity contribution in [1.29, 1.82) is 0 Å². The number of hydrogen-bond donors (Lipinski definition) is 2. The van der Waals surface area contributed by atoms with Gasteiger partial charge in [0.1, 0.15) is 22.8 Å². The molecule has 2 rings (SSSR count). The summed E-state index contributed by atoms with van der Waals surface area (Å²) in [6, 6.07) is 7.88.